The number of aromatic nitrogens is 3. The van der Waals surface area contributed by atoms with Gasteiger partial charge in [0.2, 0.25) is 0 Å². The molecule has 3 aromatic rings. The summed E-state index contributed by atoms with van der Waals surface area (Å²) in [4.78, 5) is 0. The molecule has 0 saturated carbocycles. The van der Waals surface area contributed by atoms with Gasteiger partial charge >= 0.3 is 0 Å². The van der Waals surface area contributed by atoms with Crippen molar-refractivity contribution in [1.82, 2.24) is 14.3 Å². The highest BCUT2D eigenvalue weighted by molar-refractivity contribution is 5.82. The molecule has 1 unspecified atom stereocenters. The topological polar surface area (TPSA) is 22.8 Å². The van der Waals surface area contributed by atoms with Gasteiger partial charge in [-0.15, -0.1) is 0 Å². The molecule has 23 heavy (non-hydrogen) atoms. The fourth-order valence-corrected chi connectivity index (χ4v) is 3.48. The zero-order valence-electron chi connectivity index (χ0n) is 14.3. The van der Waals surface area contributed by atoms with Crippen molar-refractivity contribution in [2.24, 2.45) is 7.05 Å². The highest BCUT2D eigenvalue weighted by Gasteiger charge is 2.21. The number of fused-ring (bicyclic) bond motifs is 1. The van der Waals surface area contributed by atoms with Crippen LogP contribution in [0.25, 0.3) is 16.7 Å². The summed E-state index contributed by atoms with van der Waals surface area (Å²) < 4.78 is 17.5. The molecule has 0 aliphatic rings. The van der Waals surface area contributed by atoms with Crippen LogP contribution in [0.5, 0.6) is 0 Å². The predicted molar refractivity (Wildman–Crippen MR) is 92.7 cm³/mol. The Bertz CT molecular complexity index is 829. The minimum atomic E-state index is -0.201. The summed E-state index contributed by atoms with van der Waals surface area (Å²) >= 11 is 0. The Hall–Kier alpha value is -2.10. The number of nitrogens with zero attached hydrogens (tertiary/aromatic N) is 3. The highest BCUT2D eigenvalue weighted by Crippen LogP contribution is 2.32. The van der Waals surface area contributed by atoms with E-state index in [9.17, 15) is 4.39 Å². The van der Waals surface area contributed by atoms with Crippen LogP contribution in [0.4, 0.5) is 4.39 Å². The molecule has 0 radical (unpaired) electrons. The zero-order chi connectivity index (χ0) is 16.6. The molecule has 1 atom stereocenters. The average Bonchev–Trinajstić information content (AvgIpc) is 3.04. The van der Waals surface area contributed by atoms with Gasteiger partial charge in [-0.2, -0.15) is 5.10 Å². The lowest BCUT2D eigenvalue weighted by Gasteiger charge is -2.15. The van der Waals surface area contributed by atoms with Crippen LogP contribution in [-0.4, -0.2) is 14.3 Å². The summed E-state index contributed by atoms with van der Waals surface area (Å²) in [6, 6.07) is 6.90. The summed E-state index contributed by atoms with van der Waals surface area (Å²) in [5.41, 5.74) is 3.39. The van der Waals surface area contributed by atoms with E-state index in [1.54, 1.807) is 6.07 Å². The molecule has 0 fully saturated rings. The Kier molecular flexibility index (Phi) is 4.24. The number of halogens is 1. The molecule has 1 aromatic carbocycles. The average molecular weight is 313 g/mol. The second-order valence-electron chi connectivity index (χ2n) is 6.38. The second kappa shape index (κ2) is 6.19. The minimum Gasteiger partial charge on any atom is -0.301 e. The number of benzene rings is 1. The van der Waals surface area contributed by atoms with E-state index in [2.05, 4.69) is 30.4 Å². The SMILES string of the molecule is CCCCC(C)c1c(C)nn(C)c1-n1ccc2cc(F)ccc21. The van der Waals surface area contributed by atoms with Crippen molar-refractivity contribution in [2.45, 2.75) is 46.0 Å². The molecule has 2 heterocycles. The van der Waals surface area contributed by atoms with Crippen LogP contribution >= 0.6 is 0 Å². The van der Waals surface area contributed by atoms with Crippen LogP contribution in [-0.2, 0) is 7.05 Å². The second-order valence-corrected chi connectivity index (χ2v) is 6.38. The normalized spacial score (nSPS) is 12.9. The van der Waals surface area contributed by atoms with Gasteiger partial charge in [0.25, 0.3) is 0 Å². The summed E-state index contributed by atoms with van der Waals surface area (Å²) in [6.07, 6.45) is 5.58. The van der Waals surface area contributed by atoms with Crippen LogP contribution in [0.1, 0.15) is 50.3 Å². The molecule has 3 rings (SSSR count). The molecule has 3 nitrogen and oxygen atoms in total. The highest BCUT2D eigenvalue weighted by atomic mass is 19.1. The van der Waals surface area contributed by atoms with E-state index < -0.39 is 0 Å². The van der Waals surface area contributed by atoms with Gasteiger partial charge in [-0.3, -0.25) is 4.68 Å². The van der Waals surface area contributed by atoms with Crippen molar-refractivity contribution in [1.29, 1.82) is 0 Å². The Morgan fingerprint density at radius 2 is 2.04 bits per heavy atom. The summed E-state index contributed by atoms with van der Waals surface area (Å²) in [5.74, 6) is 1.34. The first-order valence-corrected chi connectivity index (χ1v) is 8.33. The maximum absolute atomic E-state index is 13.5. The van der Waals surface area contributed by atoms with E-state index >= 15 is 0 Å². The lowest BCUT2D eigenvalue weighted by atomic mass is 9.95. The fourth-order valence-electron chi connectivity index (χ4n) is 3.48. The molecular formula is C19H24FN3. The molecule has 0 saturated heterocycles. The van der Waals surface area contributed by atoms with E-state index in [-0.39, 0.29) is 5.82 Å². The van der Waals surface area contributed by atoms with Crippen molar-refractivity contribution in [3.8, 4) is 5.82 Å². The van der Waals surface area contributed by atoms with E-state index in [4.69, 9.17) is 0 Å². The molecule has 0 amide bonds. The monoisotopic (exact) mass is 313 g/mol. The molecule has 0 aliphatic heterocycles. The Balaban J connectivity index is 2.15. The van der Waals surface area contributed by atoms with Crippen LogP contribution < -0.4 is 0 Å². The Morgan fingerprint density at radius 1 is 1.26 bits per heavy atom. The van der Waals surface area contributed by atoms with Crippen molar-refractivity contribution in [3.63, 3.8) is 0 Å². The van der Waals surface area contributed by atoms with E-state index in [1.807, 2.05) is 30.1 Å². The van der Waals surface area contributed by atoms with Gasteiger partial charge in [-0.05, 0) is 43.5 Å². The lowest BCUT2D eigenvalue weighted by Crippen LogP contribution is -2.06. The van der Waals surface area contributed by atoms with Crippen molar-refractivity contribution >= 4 is 10.9 Å². The Labute approximate surface area is 136 Å². The summed E-state index contributed by atoms with van der Waals surface area (Å²) in [7, 11) is 1.98. The number of rotatable bonds is 5. The van der Waals surface area contributed by atoms with Crippen molar-refractivity contribution in [3.05, 3.63) is 47.5 Å². The number of aryl methyl sites for hydroxylation is 2. The van der Waals surface area contributed by atoms with Crippen LogP contribution in [0.2, 0.25) is 0 Å². The van der Waals surface area contributed by atoms with Crippen LogP contribution in [0.3, 0.4) is 0 Å². The zero-order valence-corrected chi connectivity index (χ0v) is 14.3. The van der Waals surface area contributed by atoms with Crippen LogP contribution in [0, 0.1) is 12.7 Å². The fraction of sp³-hybridized carbons (Fsp3) is 0.421. The maximum Gasteiger partial charge on any atom is 0.138 e. The number of hydrogen-bond donors (Lipinski definition) is 0. The Morgan fingerprint density at radius 3 is 2.78 bits per heavy atom. The van der Waals surface area contributed by atoms with Gasteiger partial charge in [0.05, 0.1) is 11.2 Å². The minimum absolute atomic E-state index is 0.201. The van der Waals surface area contributed by atoms with Crippen molar-refractivity contribution in [2.75, 3.05) is 0 Å². The quantitative estimate of drug-likeness (QED) is 0.642. The third-order valence-electron chi connectivity index (χ3n) is 4.60. The third-order valence-corrected chi connectivity index (χ3v) is 4.60. The first-order chi connectivity index (χ1) is 11.0. The van der Waals surface area contributed by atoms with E-state index in [0.29, 0.717) is 5.92 Å². The van der Waals surface area contributed by atoms with Gasteiger partial charge in [-0.25, -0.2) is 4.39 Å². The van der Waals surface area contributed by atoms with Gasteiger partial charge in [-0.1, -0.05) is 26.7 Å². The molecule has 0 bridgehead atoms. The smallest absolute Gasteiger partial charge is 0.138 e. The number of unbranched alkanes of at least 4 members (excludes halogenated alkanes) is 1. The molecule has 2 aromatic heterocycles. The van der Waals surface area contributed by atoms with E-state index in [0.717, 1.165) is 28.8 Å². The first-order valence-electron chi connectivity index (χ1n) is 8.33. The largest absolute Gasteiger partial charge is 0.301 e. The first kappa shape index (κ1) is 15.8. The molecule has 122 valence electrons. The van der Waals surface area contributed by atoms with Gasteiger partial charge in [0, 0.05) is 24.2 Å². The predicted octanol–water partition coefficient (Wildman–Crippen LogP) is 5.11. The maximum atomic E-state index is 13.5. The third kappa shape index (κ3) is 2.78. The summed E-state index contributed by atoms with van der Waals surface area (Å²) in [5, 5.41) is 5.56. The standard InChI is InChI=1S/C19H24FN3/c1-5-6-7-13(2)18-14(3)21-22(4)19(18)23-11-10-15-12-16(20)8-9-17(15)23/h8-13H,5-7H2,1-4H3. The lowest BCUT2D eigenvalue weighted by molar-refractivity contribution is 0.618. The van der Waals surface area contributed by atoms with E-state index in [1.165, 1.54) is 24.5 Å². The molecule has 4 heteroatoms. The molecule has 0 N–H and O–H groups in total. The van der Waals surface area contributed by atoms with Gasteiger partial charge < -0.3 is 4.57 Å². The number of hydrogen-bond acceptors (Lipinski definition) is 1. The van der Waals surface area contributed by atoms with Gasteiger partial charge in [0.1, 0.15) is 11.6 Å². The molecule has 0 aliphatic carbocycles. The van der Waals surface area contributed by atoms with Crippen molar-refractivity contribution < 1.29 is 4.39 Å². The summed E-state index contributed by atoms with van der Waals surface area (Å²) in [6.45, 7) is 6.57. The molecular weight excluding hydrogens is 289 g/mol. The van der Waals surface area contributed by atoms with Crippen LogP contribution in [0.15, 0.2) is 30.5 Å². The molecule has 0 spiro atoms. The van der Waals surface area contributed by atoms with Gasteiger partial charge in [0.15, 0.2) is 0 Å².